The fraction of sp³-hybridized carbons (Fsp3) is 0.529. The number of rotatable bonds is 8. The van der Waals surface area contributed by atoms with Crippen LogP contribution < -0.4 is 15.4 Å². The van der Waals surface area contributed by atoms with Gasteiger partial charge in [-0.15, -0.1) is 0 Å². The summed E-state index contributed by atoms with van der Waals surface area (Å²) in [5.41, 5.74) is -0.404. The molecule has 5 heteroatoms. The molecule has 1 aromatic carbocycles. The molecule has 2 amide bonds. The summed E-state index contributed by atoms with van der Waals surface area (Å²) < 4.78 is 5.51. The van der Waals surface area contributed by atoms with E-state index in [2.05, 4.69) is 10.6 Å². The topological polar surface area (TPSA) is 67.4 Å². The fourth-order valence-electron chi connectivity index (χ4n) is 1.67. The average Bonchev–Trinajstić information content (AvgIpc) is 2.48. The molecule has 0 saturated heterocycles. The highest BCUT2D eigenvalue weighted by Gasteiger charge is 2.20. The van der Waals surface area contributed by atoms with E-state index in [4.69, 9.17) is 4.74 Å². The number of para-hydroxylation sites is 1. The van der Waals surface area contributed by atoms with E-state index in [1.54, 1.807) is 0 Å². The van der Waals surface area contributed by atoms with E-state index in [9.17, 15) is 9.59 Å². The summed E-state index contributed by atoms with van der Waals surface area (Å²) in [6.45, 7) is 6.97. The first-order chi connectivity index (χ1) is 10.4. The lowest BCUT2D eigenvalue weighted by Crippen LogP contribution is -2.39. The van der Waals surface area contributed by atoms with Crippen LogP contribution in [0, 0.1) is 5.41 Å². The standard InChI is InChI=1S/C17H26N2O3/c1-17(2,3)16(21)19-12-11-18-15(20)10-7-13-22-14-8-5-4-6-9-14/h4-6,8-9H,7,10-13H2,1-3H3,(H,18,20)(H,19,21). The molecule has 0 saturated carbocycles. The Labute approximate surface area is 132 Å². The third kappa shape index (κ3) is 7.67. The van der Waals surface area contributed by atoms with Gasteiger partial charge in [-0.25, -0.2) is 0 Å². The Bertz CT molecular complexity index is 467. The molecule has 1 aromatic rings. The maximum absolute atomic E-state index is 11.6. The van der Waals surface area contributed by atoms with Gasteiger partial charge in [-0.05, 0) is 18.6 Å². The van der Waals surface area contributed by atoms with E-state index < -0.39 is 5.41 Å². The molecule has 0 radical (unpaired) electrons. The van der Waals surface area contributed by atoms with Crippen LogP contribution in [0.3, 0.4) is 0 Å². The molecular formula is C17H26N2O3. The third-order valence-corrected chi connectivity index (χ3v) is 2.97. The lowest BCUT2D eigenvalue weighted by atomic mass is 9.96. The zero-order chi connectivity index (χ0) is 16.4. The maximum Gasteiger partial charge on any atom is 0.225 e. The Morgan fingerprint density at radius 2 is 1.68 bits per heavy atom. The summed E-state index contributed by atoms with van der Waals surface area (Å²) in [5.74, 6) is 0.771. The molecule has 0 aliphatic carbocycles. The number of carbonyl (C=O) groups excluding carboxylic acids is 2. The molecular weight excluding hydrogens is 280 g/mol. The van der Waals surface area contributed by atoms with Gasteiger partial charge in [0, 0.05) is 24.9 Å². The highest BCUT2D eigenvalue weighted by Crippen LogP contribution is 2.11. The van der Waals surface area contributed by atoms with Gasteiger partial charge in [0.1, 0.15) is 5.75 Å². The van der Waals surface area contributed by atoms with Gasteiger partial charge in [0.15, 0.2) is 0 Å². The molecule has 0 unspecified atom stereocenters. The largest absolute Gasteiger partial charge is 0.494 e. The van der Waals surface area contributed by atoms with Gasteiger partial charge < -0.3 is 15.4 Å². The summed E-state index contributed by atoms with van der Waals surface area (Å²) in [6.07, 6.45) is 1.08. The minimum Gasteiger partial charge on any atom is -0.494 e. The molecule has 0 bridgehead atoms. The molecule has 0 fully saturated rings. The molecule has 0 aliphatic rings. The molecule has 1 rings (SSSR count). The van der Waals surface area contributed by atoms with Crippen LogP contribution in [0.15, 0.2) is 30.3 Å². The van der Waals surface area contributed by atoms with Crippen LogP contribution >= 0.6 is 0 Å². The van der Waals surface area contributed by atoms with Crippen LogP contribution in [-0.2, 0) is 9.59 Å². The van der Waals surface area contributed by atoms with Crippen LogP contribution in [-0.4, -0.2) is 31.5 Å². The van der Waals surface area contributed by atoms with Crippen LogP contribution in [0.2, 0.25) is 0 Å². The second-order valence-electron chi connectivity index (χ2n) is 6.12. The van der Waals surface area contributed by atoms with Crippen LogP contribution in [0.4, 0.5) is 0 Å². The summed E-state index contributed by atoms with van der Waals surface area (Å²) in [7, 11) is 0. The molecule has 2 N–H and O–H groups in total. The van der Waals surface area contributed by atoms with Gasteiger partial charge in [-0.2, -0.15) is 0 Å². The van der Waals surface area contributed by atoms with Crippen LogP contribution in [0.5, 0.6) is 5.75 Å². The van der Waals surface area contributed by atoms with Crippen molar-refractivity contribution in [3.05, 3.63) is 30.3 Å². The zero-order valence-electron chi connectivity index (χ0n) is 13.6. The highest BCUT2D eigenvalue weighted by atomic mass is 16.5. The molecule has 5 nitrogen and oxygen atoms in total. The van der Waals surface area contributed by atoms with Gasteiger partial charge >= 0.3 is 0 Å². The summed E-state index contributed by atoms with van der Waals surface area (Å²) in [4.78, 5) is 23.2. The summed E-state index contributed by atoms with van der Waals surface area (Å²) in [6, 6.07) is 9.52. The van der Waals surface area contributed by atoms with Crippen molar-refractivity contribution >= 4 is 11.8 Å². The first kappa shape index (κ1) is 18.0. The van der Waals surface area contributed by atoms with E-state index in [1.807, 2.05) is 51.1 Å². The van der Waals surface area contributed by atoms with E-state index in [0.717, 1.165) is 5.75 Å². The molecule has 0 heterocycles. The predicted molar refractivity (Wildman–Crippen MR) is 86.6 cm³/mol. The van der Waals surface area contributed by atoms with Crippen molar-refractivity contribution in [3.8, 4) is 5.75 Å². The molecule has 22 heavy (non-hydrogen) atoms. The smallest absolute Gasteiger partial charge is 0.225 e. The highest BCUT2D eigenvalue weighted by molar-refractivity contribution is 5.81. The monoisotopic (exact) mass is 306 g/mol. The number of amides is 2. The third-order valence-electron chi connectivity index (χ3n) is 2.97. The SMILES string of the molecule is CC(C)(C)C(=O)NCCNC(=O)CCCOc1ccccc1. The van der Waals surface area contributed by atoms with Gasteiger partial charge in [-0.1, -0.05) is 39.0 Å². The van der Waals surface area contributed by atoms with Crippen molar-refractivity contribution < 1.29 is 14.3 Å². The lowest BCUT2D eigenvalue weighted by molar-refractivity contribution is -0.128. The number of carbonyl (C=O) groups is 2. The van der Waals surface area contributed by atoms with E-state index in [1.165, 1.54) is 0 Å². The van der Waals surface area contributed by atoms with Crippen molar-refractivity contribution in [1.29, 1.82) is 0 Å². The summed E-state index contributed by atoms with van der Waals surface area (Å²) >= 11 is 0. The second-order valence-corrected chi connectivity index (χ2v) is 6.12. The van der Waals surface area contributed by atoms with Crippen molar-refractivity contribution in [2.75, 3.05) is 19.7 Å². The zero-order valence-corrected chi connectivity index (χ0v) is 13.6. The summed E-state index contributed by atoms with van der Waals surface area (Å²) in [5, 5.41) is 5.57. The first-order valence-corrected chi connectivity index (χ1v) is 7.62. The number of hydrogen-bond donors (Lipinski definition) is 2. The van der Waals surface area contributed by atoms with E-state index in [-0.39, 0.29) is 11.8 Å². The van der Waals surface area contributed by atoms with Crippen molar-refractivity contribution in [2.24, 2.45) is 5.41 Å². The number of benzene rings is 1. The Hall–Kier alpha value is -2.04. The fourth-order valence-corrected chi connectivity index (χ4v) is 1.67. The van der Waals surface area contributed by atoms with Crippen molar-refractivity contribution in [3.63, 3.8) is 0 Å². The number of nitrogens with one attached hydrogen (secondary N) is 2. The number of hydrogen-bond acceptors (Lipinski definition) is 3. The quantitative estimate of drug-likeness (QED) is 0.723. The van der Waals surface area contributed by atoms with Crippen LogP contribution in [0.25, 0.3) is 0 Å². The maximum atomic E-state index is 11.6. The molecule has 0 aliphatic heterocycles. The van der Waals surface area contributed by atoms with Crippen molar-refractivity contribution in [2.45, 2.75) is 33.6 Å². The van der Waals surface area contributed by atoms with Gasteiger partial charge in [0.25, 0.3) is 0 Å². The van der Waals surface area contributed by atoms with E-state index in [0.29, 0.717) is 32.5 Å². The Morgan fingerprint density at radius 3 is 2.32 bits per heavy atom. The molecule has 0 spiro atoms. The normalized spacial score (nSPS) is 10.9. The van der Waals surface area contributed by atoms with Gasteiger partial charge in [-0.3, -0.25) is 9.59 Å². The molecule has 0 atom stereocenters. The predicted octanol–water partition coefficient (Wildman–Crippen LogP) is 2.12. The lowest BCUT2D eigenvalue weighted by Gasteiger charge is -2.17. The first-order valence-electron chi connectivity index (χ1n) is 7.62. The minimum atomic E-state index is -0.404. The van der Waals surface area contributed by atoms with Gasteiger partial charge in [0.2, 0.25) is 11.8 Å². The second kappa shape index (κ2) is 9.07. The average molecular weight is 306 g/mol. The molecule has 0 aromatic heterocycles. The number of ether oxygens (including phenoxy) is 1. The van der Waals surface area contributed by atoms with E-state index >= 15 is 0 Å². The van der Waals surface area contributed by atoms with Crippen LogP contribution in [0.1, 0.15) is 33.6 Å². The minimum absolute atomic E-state index is 0.0157. The van der Waals surface area contributed by atoms with Gasteiger partial charge in [0.05, 0.1) is 6.61 Å². The molecule has 122 valence electrons. The Kier molecular flexibility index (Phi) is 7.43. The van der Waals surface area contributed by atoms with Crippen molar-refractivity contribution in [1.82, 2.24) is 10.6 Å². The Morgan fingerprint density at radius 1 is 1.05 bits per heavy atom. The Balaban J connectivity index is 2.03.